The summed E-state index contributed by atoms with van der Waals surface area (Å²) in [7, 11) is 2.02. The fourth-order valence-corrected chi connectivity index (χ4v) is 2.04. The van der Waals surface area contributed by atoms with Crippen LogP contribution in [0, 0.1) is 0 Å². The van der Waals surface area contributed by atoms with E-state index < -0.39 is 0 Å². The normalized spacial score (nSPS) is 17.0. The second kappa shape index (κ2) is 6.23. The Morgan fingerprint density at radius 2 is 2.12 bits per heavy atom. The second-order valence-corrected chi connectivity index (χ2v) is 4.07. The standard InChI is InChI=1S/C10H15ClN4.ClH/c1-12-8-3-6-15(7-4-8)9-2-5-13-10(11)14-9;/h2,5,8,12H,3-4,6-7H2,1H3;1H. The van der Waals surface area contributed by atoms with Crippen LogP contribution in [0.2, 0.25) is 5.28 Å². The van der Waals surface area contributed by atoms with Gasteiger partial charge in [0.1, 0.15) is 5.82 Å². The van der Waals surface area contributed by atoms with Gasteiger partial charge >= 0.3 is 0 Å². The molecule has 1 aliphatic heterocycles. The SMILES string of the molecule is CNC1CCN(c2ccnc(Cl)n2)CC1.Cl. The van der Waals surface area contributed by atoms with E-state index >= 15 is 0 Å². The Bertz CT molecular complexity index is 326. The van der Waals surface area contributed by atoms with Gasteiger partial charge in [0.15, 0.2) is 0 Å². The Balaban J connectivity index is 0.00000128. The van der Waals surface area contributed by atoms with Crippen LogP contribution in [0.25, 0.3) is 0 Å². The molecule has 90 valence electrons. The van der Waals surface area contributed by atoms with Crippen LogP contribution in [0.3, 0.4) is 0 Å². The quantitative estimate of drug-likeness (QED) is 0.825. The van der Waals surface area contributed by atoms with Crippen molar-refractivity contribution in [3.05, 3.63) is 17.5 Å². The first-order valence-electron chi connectivity index (χ1n) is 5.20. The van der Waals surface area contributed by atoms with Gasteiger partial charge in [-0.2, -0.15) is 0 Å². The van der Waals surface area contributed by atoms with Crippen LogP contribution in [0.1, 0.15) is 12.8 Å². The van der Waals surface area contributed by atoms with Crippen molar-refractivity contribution < 1.29 is 0 Å². The summed E-state index contributed by atoms with van der Waals surface area (Å²) in [4.78, 5) is 10.3. The van der Waals surface area contributed by atoms with Crippen molar-refractivity contribution in [1.82, 2.24) is 15.3 Å². The van der Waals surface area contributed by atoms with Gasteiger partial charge in [0.25, 0.3) is 0 Å². The smallest absolute Gasteiger partial charge is 0.224 e. The molecule has 4 nitrogen and oxygen atoms in total. The third-order valence-corrected chi connectivity index (χ3v) is 3.02. The van der Waals surface area contributed by atoms with Crippen LogP contribution in [0.4, 0.5) is 5.82 Å². The molecule has 0 atom stereocenters. The lowest BCUT2D eigenvalue weighted by molar-refractivity contribution is 0.440. The van der Waals surface area contributed by atoms with Crippen LogP contribution in [0.15, 0.2) is 12.3 Å². The molecular weight excluding hydrogens is 247 g/mol. The van der Waals surface area contributed by atoms with E-state index in [2.05, 4.69) is 20.2 Å². The maximum atomic E-state index is 5.76. The molecule has 2 heterocycles. The average molecular weight is 263 g/mol. The summed E-state index contributed by atoms with van der Waals surface area (Å²) in [5.74, 6) is 0.935. The number of nitrogens with zero attached hydrogens (tertiary/aromatic N) is 3. The zero-order valence-corrected chi connectivity index (χ0v) is 10.8. The number of nitrogens with one attached hydrogen (secondary N) is 1. The van der Waals surface area contributed by atoms with Crippen molar-refractivity contribution >= 4 is 29.8 Å². The van der Waals surface area contributed by atoms with Crippen molar-refractivity contribution in [3.63, 3.8) is 0 Å². The number of halogens is 2. The molecule has 0 unspecified atom stereocenters. The fraction of sp³-hybridized carbons (Fsp3) is 0.600. The van der Waals surface area contributed by atoms with Gasteiger partial charge in [0.2, 0.25) is 5.28 Å². The van der Waals surface area contributed by atoms with E-state index in [9.17, 15) is 0 Å². The lowest BCUT2D eigenvalue weighted by Gasteiger charge is -2.32. The van der Waals surface area contributed by atoms with Gasteiger partial charge in [-0.1, -0.05) is 0 Å². The van der Waals surface area contributed by atoms with Crippen molar-refractivity contribution in [2.45, 2.75) is 18.9 Å². The van der Waals surface area contributed by atoms with Gasteiger partial charge in [0, 0.05) is 25.3 Å². The van der Waals surface area contributed by atoms with Crippen molar-refractivity contribution in [2.75, 3.05) is 25.0 Å². The van der Waals surface area contributed by atoms with E-state index in [1.54, 1.807) is 6.20 Å². The van der Waals surface area contributed by atoms with Crippen molar-refractivity contribution in [1.29, 1.82) is 0 Å². The average Bonchev–Trinajstić information content (AvgIpc) is 2.29. The van der Waals surface area contributed by atoms with Crippen LogP contribution >= 0.6 is 24.0 Å². The molecule has 0 bridgehead atoms. The van der Waals surface area contributed by atoms with E-state index in [0.29, 0.717) is 11.3 Å². The highest BCUT2D eigenvalue weighted by Crippen LogP contribution is 2.18. The summed E-state index contributed by atoms with van der Waals surface area (Å²) in [6.07, 6.45) is 4.01. The molecule has 1 aromatic heterocycles. The maximum Gasteiger partial charge on any atom is 0.224 e. The minimum atomic E-state index is 0. The monoisotopic (exact) mass is 262 g/mol. The number of hydrogen-bond acceptors (Lipinski definition) is 4. The Morgan fingerprint density at radius 3 is 2.69 bits per heavy atom. The summed E-state index contributed by atoms with van der Waals surface area (Å²) in [5.41, 5.74) is 0. The van der Waals surface area contributed by atoms with Crippen LogP contribution in [-0.4, -0.2) is 36.1 Å². The number of rotatable bonds is 2. The fourth-order valence-electron chi connectivity index (χ4n) is 1.90. The highest BCUT2D eigenvalue weighted by Gasteiger charge is 2.18. The topological polar surface area (TPSA) is 41.0 Å². The third kappa shape index (κ3) is 3.20. The first-order valence-corrected chi connectivity index (χ1v) is 5.58. The van der Waals surface area contributed by atoms with E-state index in [0.717, 1.165) is 31.7 Å². The Labute approximate surface area is 107 Å². The number of aromatic nitrogens is 2. The molecule has 1 fully saturated rings. The number of hydrogen-bond donors (Lipinski definition) is 1. The molecule has 0 amide bonds. The van der Waals surface area contributed by atoms with Crippen molar-refractivity contribution in [3.8, 4) is 0 Å². The molecular formula is C10H16Cl2N4. The molecule has 16 heavy (non-hydrogen) atoms. The summed E-state index contributed by atoms with van der Waals surface area (Å²) >= 11 is 5.76. The summed E-state index contributed by atoms with van der Waals surface area (Å²) in [5, 5.41) is 3.62. The molecule has 1 aliphatic rings. The van der Waals surface area contributed by atoms with Crippen LogP contribution in [-0.2, 0) is 0 Å². The maximum absolute atomic E-state index is 5.76. The molecule has 0 spiro atoms. The molecule has 0 saturated carbocycles. The highest BCUT2D eigenvalue weighted by atomic mass is 35.5. The molecule has 1 N–H and O–H groups in total. The zero-order chi connectivity index (χ0) is 10.7. The minimum absolute atomic E-state index is 0. The first kappa shape index (κ1) is 13.5. The largest absolute Gasteiger partial charge is 0.356 e. The molecule has 0 aliphatic carbocycles. The van der Waals surface area contributed by atoms with Gasteiger partial charge < -0.3 is 10.2 Å². The predicted molar refractivity (Wildman–Crippen MR) is 68.6 cm³/mol. The van der Waals surface area contributed by atoms with E-state index in [-0.39, 0.29) is 12.4 Å². The van der Waals surface area contributed by atoms with E-state index in [1.807, 2.05) is 13.1 Å². The third-order valence-electron chi connectivity index (χ3n) is 2.84. The number of anilines is 1. The van der Waals surface area contributed by atoms with Gasteiger partial charge in [-0.05, 0) is 37.6 Å². The lowest BCUT2D eigenvalue weighted by atomic mass is 10.1. The van der Waals surface area contributed by atoms with Gasteiger partial charge in [-0.3, -0.25) is 0 Å². The zero-order valence-electron chi connectivity index (χ0n) is 9.19. The van der Waals surface area contributed by atoms with Crippen LogP contribution < -0.4 is 10.2 Å². The molecule has 0 radical (unpaired) electrons. The minimum Gasteiger partial charge on any atom is -0.356 e. The molecule has 1 saturated heterocycles. The molecule has 0 aromatic carbocycles. The predicted octanol–water partition coefficient (Wildman–Crippen LogP) is 1.74. The number of piperidine rings is 1. The summed E-state index contributed by atoms with van der Waals surface area (Å²) in [6, 6.07) is 2.55. The van der Waals surface area contributed by atoms with E-state index in [1.165, 1.54) is 0 Å². The van der Waals surface area contributed by atoms with Gasteiger partial charge in [-0.15, -0.1) is 12.4 Å². The Morgan fingerprint density at radius 1 is 1.44 bits per heavy atom. The Kier molecular flexibility index (Phi) is 5.25. The van der Waals surface area contributed by atoms with Crippen LogP contribution in [0.5, 0.6) is 0 Å². The van der Waals surface area contributed by atoms with Gasteiger partial charge in [-0.25, -0.2) is 9.97 Å². The highest BCUT2D eigenvalue weighted by molar-refractivity contribution is 6.28. The van der Waals surface area contributed by atoms with Gasteiger partial charge in [0.05, 0.1) is 0 Å². The summed E-state index contributed by atoms with van der Waals surface area (Å²) in [6.45, 7) is 2.05. The molecule has 1 aromatic rings. The van der Waals surface area contributed by atoms with E-state index in [4.69, 9.17) is 11.6 Å². The molecule has 2 rings (SSSR count). The summed E-state index contributed by atoms with van der Waals surface area (Å²) < 4.78 is 0. The first-order chi connectivity index (χ1) is 7.29. The lowest BCUT2D eigenvalue weighted by Crippen LogP contribution is -2.41. The molecule has 6 heteroatoms. The van der Waals surface area contributed by atoms with Crippen molar-refractivity contribution in [2.24, 2.45) is 0 Å². The Hall–Kier alpha value is -0.580. The second-order valence-electron chi connectivity index (χ2n) is 3.73.